The number of carbonyl (C=O) groups excluding carboxylic acids is 1. The molecule has 3 rings (SSSR count). The van der Waals surface area contributed by atoms with E-state index in [2.05, 4.69) is 22.2 Å². The third kappa shape index (κ3) is 4.48. The van der Waals surface area contributed by atoms with Crippen molar-refractivity contribution in [2.45, 2.75) is 26.7 Å². The molecular formula is C20H26N4O3. The molecule has 1 amide bonds. The summed E-state index contributed by atoms with van der Waals surface area (Å²) in [5.74, 6) is 3.02. The summed E-state index contributed by atoms with van der Waals surface area (Å²) in [4.78, 5) is 23.4. The van der Waals surface area contributed by atoms with Crippen molar-refractivity contribution in [3.05, 3.63) is 35.8 Å². The van der Waals surface area contributed by atoms with Crippen LogP contribution in [0.3, 0.4) is 0 Å². The Morgan fingerprint density at radius 3 is 2.48 bits per heavy atom. The van der Waals surface area contributed by atoms with Gasteiger partial charge in [-0.25, -0.2) is 9.97 Å². The Hall–Kier alpha value is -2.83. The number of aryl methyl sites for hydroxylation is 1. The minimum atomic E-state index is -0.0391. The lowest BCUT2D eigenvalue weighted by Gasteiger charge is -2.30. The fraction of sp³-hybridized carbons (Fsp3) is 0.450. The Kier molecular flexibility index (Phi) is 5.78. The number of methoxy groups -OCH3 is 2. The topological polar surface area (TPSA) is 76.6 Å². The Bertz CT molecular complexity index is 817. The van der Waals surface area contributed by atoms with Crippen molar-refractivity contribution in [1.29, 1.82) is 0 Å². The largest absolute Gasteiger partial charge is 0.493 e. The number of aromatic nitrogens is 2. The molecule has 7 heteroatoms. The highest BCUT2D eigenvalue weighted by atomic mass is 16.5. The van der Waals surface area contributed by atoms with Crippen molar-refractivity contribution in [3.63, 3.8) is 0 Å². The Morgan fingerprint density at radius 2 is 1.81 bits per heavy atom. The van der Waals surface area contributed by atoms with Gasteiger partial charge in [0.1, 0.15) is 17.3 Å². The summed E-state index contributed by atoms with van der Waals surface area (Å²) < 4.78 is 10.6. The third-order valence-corrected chi connectivity index (χ3v) is 4.78. The zero-order valence-electron chi connectivity index (χ0n) is 16.3. The second kappa shape index (κ2) is 8.24. The SMILES string of the molecule is COc1ccc(Nc2cc(C(=O)N3CCC(C)CC3)nc(C)n2)cc1OC. The molecule has 0 radical (unpaired) electrons. The molecule has 0 aliphatic carbocycles. The van der Waals surface area contributed by atoms with Gasteiger partial charge in [-0.05, 0) is 37.8 Å². The van der Waals surface area contributed by atoms with Gasteiger partial charge in [-0.2, -0.15) is 0 Å². The highest BCUT2D eigenvalue weighted by Crippen LogP contribution is 2.31. The molecule has 27 heavy (non-hydrogen) atoms. The Labute approximate surface area is 159 Å². The summed E-state index contributed by atoms with van der Waals surface area (Å²) in [5, 5.41) is 3.22. The zero-order chi connectivity index (χ0) is 19.4. The number of rotatable bonds is 5. The van der Waals surface area contributed by atoms with E-state index >= 15 is 0 Å². The van der Waals surface area contributed by atoms with Gasteiger partial charge in [0.2, 0.25) is 0 Å². The standard InChI is InChI=1S/C20H26N4O3/c1-13-7-9-24(10-8-13)20(25)16-12-19(22-14(2)21-16)23-15-5-6-17(26-3)18(11-15)27-4/h5-6,11-13H,7-10H2,1-4H3,(H,21,22,23). The predicted molar refractivity (Wildman–Crippen MR) is 104 cm³/mol. The van der Waals surface area contributed by atoms with Crippen LogP contribution < -0.4 is 14.8 Å². The smallest absolute Gasteiger partial charge is 0.272 e. The van der Waals surface area contributed by atoms with Crippen molar-refractivity contribution < 1.29 is 14.3 Å². The van der Waals surface area contributed by atoms with Gasteiger partial charge in [0.15, 0.2) is 11.5 Å². The van der Waals surface area contributed by atoms with Crippen LogP contribution in [0.15, 0.2) is 24.3 Å². The third-order valence-electron chi connectivity index (χ3n) is 4.78. The first-order valence-corrected chi connectivity index (χ1v) is 9.14. The summed E-state index contributed by atoms with van der Waals surface area (Å²) in [7, 11) is 3.19. The van der Waals surface area contributed by atoms with Gasteiger partial charge >= 0.3 is 0 Å². The average molecular weight is 370 g/mol. The van der Waals surface area contributed by atoms with E-state index in [1.807, 2.05) is 23.1 Å². The van der Waals surface area contributed by atoms with Crippen molar-refractivity contribution in [3.8, 4) is 11.5 Å². The first-order chi connectivity index (χ1) is 13.0. The van der Waals surface area contributed by atoms with Crippen LogP contribution in [-0.2, 0) is 0 Å². The minimum Gasteiger partial charge on any atom is -0.493 e. The van der Waals surface area contributed by atoms with Crippen LogP contribution in [0.5, 0.6) is 11.5 Å². The van der Waals surface area contributed by atoms with E-state index in [0.717, 1.165) is 31.6 Å². The number of hydrogen-bond acceptors (Lipinski definition) is 6. The summed E-state index contributed by atoms with van der Waals surface area (Å²) in [6.45, 7) is 5.57. The molecule has 1 aliphatic rings. The molecule has 0 unspecified atom stereocenters. The summed E-state index contributed by atoms with van der Waals surface area (Å²) in [6.07, 6.45) is 2.07. The summed E-state index contributed by atoms with van der Waals surface area (Å²) >= 11 is 0. The number of amides is 1. The van der Waals surface area contributed by atoms with Crippen LogP contribution >= 0.6 is 0 Å². The van der Waals surface area contributed by atoms with Gasteiger partial charge in [0, 0.05) is 30.9 Å². The fourth-order valence-electron chi connectivity index (χ4n) is 3.18. The molecule has 0 spiro atoms. The molecule has 2 heterocycles. The highest BCUT2D eigenvalue weighted by molar-refractivity contribution is 5.93. The van der Waals surface area contributed by atoms with Gasteiger partial charge < -0.3 is 19.7 Å². The van der Waals surface area contributed by atoms with Crippen molar-refractivity contribution in [2.75, 3.05) is 32.6 Å². The van der Waals surface area contributed by atoms with E-state index in [0.29, 0.717) is 34.8 Å². The number of anilines is 2. The molecule has 1 fully saturated rings. The number of nitrogens with one attached hydrogen (secondary N) is 1. The van der Waals surface area contributed by atoms with Crippen molar-refractivity contribution in [1.82, 2.24) is 14.9 Å². The van der Waals surface area contributed by atoms with E-state index in [4.69, 9.17) is 9.47 Å². The molecule has 0 saturated carbocycles. The van der Waals surface area contributed by atoms with Gasteiger partial charge in [0.05, 0.1) is 14.2 Å². The Balaban J connectivity index is 1.80. The van der Waals surface area contributed by atoms with Gasteiger partial charge in [0.25, 0.3) is 5.91 Å². The lowest BCUT2D eigenvalue weighted by Crippen LogP contribution is -2.38. The Morgan fingerprint density at radius 1 is 1.11 bits per heavy atom. The number of carbonyl (C=O) groups is 1. The maximum atomic E-state index is 12.8. The van der Waals surface area contributed by atoms with Crippen LogP contribution in [0.4, 0.5) is 11.5 Å². The molecule has 1 saturated heterocycles. The van der Waals surface area contributed by atoms with Crippen molar-refractivity contribution >= 4 is 17.4 Å². The van der Waals surface area contributed by atoms with Crippen LogP contribution in [0.1, 0.15) is 36.1 Å². The molecule has 0 atom stereocenters. The molecule has 2 aromatic rings. The van der Waals surface area contributed by atoms with E-state index in [1.165, 1.54) is 0 Å². The highest BCUT2D eigenvalue weighted by Gasteiger charge is 2.23. The fourth-order valence-corrected chi connectivity index (χ4v) is 3.18. The summed E-state index contributed by atoms with van der Waals surface area (Å²) in [6, 6.07) is 7.20. The molecule has 7 nitrogen and oxygen atoms in total. The molecule has 0 bridgehead atoms. The number of benzene rings is 1. The lowest BCUT2D eigenvalue weighted by atomic mass is 9.99. The first kappa shape index (κ1) is 18.9. The predicted octanol–water partition coefficient (Wildman–Crippen LogP) is 3.42. The molecule has 1 aliphatic heterocycles. The molecule has 1 aromatic carbocycles. The van der Waals surface area contributed by atoms with E-state index in [1.54, 1.807) is 27.2 Å². The van der Waals surface area contributed by atoms with Gasteiger partial charge in [-0.3, -0.25) is 4.79 Å². The van der Waals surface area contributed by atoms with Gasteiger partial charge in [-0.1, -0.05) is 6.92 Å². The maximum absolute atomic E-state index is 12.8. The maximum Gasteiger partial charge on any atom is 0.272 e. The van der Waals surface area contributed by atoms with E-state index in [-0.39, 0.29) is 5.91 Å². The lowest BCUT2D eigenvalue weighted by molar-refractivity contribution is 0.0691. The van der Waals surface area contributed by atoms with E-state index < -0.39 is 0 Å². The summed E-state index contributed by atoms with van der Waals surface area (Å²) in [5.41, 5.74) is 1.20. The normalized spacial score (nSPS) is 14.7. The second-order valence-corrected chi connectivity index (χ2v) is 6.86. The van der Waals surface area contributed by atoms with Crippen molar-refractivity contribution in [2.24, 2.45) is 5.92 Å². The zero-order valence-corrected chi connectivity index (χ0v) is 16.3. The van der Waals surface area contributed by atoms with E-state index in [9.17, 15) is 4.79 Å². The number of likely N-dealkylation sites (tertiary alicyclic amines) is 1. The van der Waals surface area contributed by atoms with Crippen LogP contribution in [-0.4, -0.2) is 48.1 Å². The molecule has 144 valence electrons. The number of hydrogen-bond donors (Lipinski definition) is 1. The minimum absolute atomic E-state index is 0.0391. The number of ether oxygens (including phenoxy) is 2. The van der Waals surface area contributed by atoms with Crippen LogP contribution in [0.25, 0.3) is 0 Å². The molecule has 1 aromatic heterocycles. The quantitative estimate of drug-likeness (QED) is 0.869. The molecule has 1 N–H and O–H groups in total. The number of nitrogens with zero attached hydrogens (tertiary/aromatic N) is 3. The second-order valence-electron chi connectivity index (χ2n) is 6.86. The number of piperidine rings is 1. The average Bonchev–Trinajstić information content (AvgIpc) is 2.67. The monoisotopic (exact) mass is 370 g/mol. The van der Waals surface area contributed by atoms with Crippen LogP contribution in [0, 0.1) is 12.8 Å². The van der Waals surface area contributed by atoms with Gasteiger partial charge in [-0.15, -0.1) is 0 Å². The molecular weight excluding hydrogens is 344 g/mol. The first-order valence-electron chi connectivity index (χ1n) is 9.14. The van der Waals surface area contributed by atoms with Crippen LogP contribution in [0.2, 0.25) is 0 Å².